The summed E-state index contributed by atoms with van der Waals surface area (Å²) in [6.45, 7) is 4.29. The van der Waals surface area contributed by atoms with E-state index in [1.807, 2.05) is 23.2 Å². The van der Waals surface area contributed by atoms with Gasteiger partial charge in [0, 0.05) is 47.8 Å². The van der Waals surface area contributed by atoms with Crippen LogP contribution in [-0.4, -0.2) is 42.3 Å². The zero-order valence-electron chi connectivity index (χ0n) is 13.1. The molecule has 0 aliphatic carbocycles. The van der Waals surface area contributed by atoms with Crippen LogP contribution in [0, 0.1) is 5.82 Å². The number of piperazine rings is 1. The Morgan fingerprint density at radius 3 is 2.62 bits per heavy atom. The summed E-state index contributed by atoms with van der Waals surface area (Å²) in [6.07, 6.45) is 1.59. The lowest BCUT2D eigenvalue weighted by Gasteiger charge is -2.33. The van der Waals surface area contributed by atoms with Crippen molar-refractivity contribution in [2.24, 2.45) is 5.10 Å². The minimum absolute atomic E-state index is 0.265. The van der Waals surface area contributed by atoms with Crippen LogP contribution in [0.15, 0.2) is 52.0 Å². The van der Waals surface area contributed by atoms with E-state index in [1.54, 1.807) is 18.3 Å². The van der Waals surface area contributed by atoms with Gasteiger partial charge in [0.15, 0.2) is 0 Å². The third kappa shape index (κ3) is 4.56. The van der Waals surface area contributed by atoms with Gasteiger partial charge in [0.2, 0.25) is 0 Å². The maximum absolute atomic E-state index is 13.7. The first-order chi connectivity index (χ1) is 11.6. The molecule has 1 aliphatic heterocycles. The van der Waals surface area contributed by atoms with Gasteiger partial charge in [-0.05, 0) is 29.8 Å². The van der Waals surface area contributed by atoms with Crippen LogP contribution in [0.5, 0.6) is 0 Å². The van der Waals surface area contributed by atoms with Crippen LogP contribution in [0.4, 0.5) is 4.39 Å². The van der Waals surface area contributed by atoms with E-state index in [0.29, 0.717) is 5.56 Å². The van der Waals surface area contributed by atoms with Gasteiger partial charge < -0.3 is 0 Å². The van der Waals surface area contributed by atoms with E-state index in [-0.39, 0.29) is 5.82 Å². The van der Waals surface area contributed by atoms with Gasteiger partial charge in [-0.25, -0.2) is 4.39 Å². The molecule has 6 heteroatoms. The van der Waals surface area contributed by atoms with Crippen molar-refractivity contribution >= 4 is 33.7 Å². The summed E-state index contributed by atoms with van der Waals surface area (Å²) >= 11 is 9.57. The fourth-order valence-electron chi connectivity index (χ4n) is 2.64. The standard InChI is InChI=1S/C18H18BrClFN3/c19-16-5-6-18(21)15(11-16)12-22-24-9-7-23(8-10-24)13-14-3-1-2-4-17(14)20/h1-6,11-12H,7-10,13H2/b22-12+. The van der Waals surface area contributed by atoms with E-state index >= 15 is 0 Å². The van der Waals surface area contributed by atoms with Crippen LogP contribution in [0.25, 0.3) is 0 Å². The number of hydrogen-bond donors (Lipinski definition) is 0. The molecule has 24 heavy (non-hydrogen) atoms. The molecule has 0 aromatic heterocycles. The van der Waals surface area contributed by atoms with E-state index in [0.717, 1.165) is 47.8 Å². The molecule has 3 rings (SSSR count). The highest BCUT2D eigenvalue weighted by atomic mass is 79.9. The number of benzene rings is 2. The molecule has 0 N–H and O–H groups in total. The van der Waals surface area contributed by atoms with Crippen LogP contribution in [0.3, 0.4) is 0 Å². The minimum Gasteiger partial charge on any atom is -0.295 e. The number of hydrogen-bond acceptors (Lipinski definition) is 3. The lowest BCUT2D eigenvalue weighted by atomic mass is 10.2. The predicted molar refractivity (Wildman–Crippen MR) is 100.0 cm³/mol. The molecule has 1 fully saturated rings. The van der Waals surface area contributed by atoms with Gasteiger partial charge in [-0.3, -0.25) is 9.91 Å². The molecule has 0 saturated carbocycles. The molecule has 126 valence electrons. The van der Waals surface area contributed by atoms with Crippen LogP contribution in [0.2, 0.25) is 5.02 Å². The third-order valence-corrected chi connectivity index (χ3v) is 4.88. The fraction of sp³-hybridized carbons (Fsp3) is 0.278. The smallest absolute Gasteiger partial charge is 0.132 e. The molecule has 0 amide bonds. The third-order valence-electron chi connectivity index (χ3n) is 4.02. The first-order valence-corrected chi connectivity index (χ1v) is 8.98. The number of hydrazone groups is 1. The Hall–Kier alpha value is -1.43. The second kappa shape index (κ2) is 8.10. The Morgan fingerprint density at radius 2 is 1.88 bits per heavy atom. The van der Waals surface area contributed by atoms with E-state index in [2.05, 4.69) is 32.0 Å². The second-order valence-electron chi connectivity index (χ2n) is 5.73. The summed E-state index contributed by atoms with van der Waals surface area (Å²) in [5.41, 5.74) is 1.63. The van der Waals surface area contributed by atoms with Gasteiger partial charge in [0.05, 0.1) is 6.21 Å². The zero-order chi connectivity index (χ0) is 16.9. The van der Waals surface area contributed by atoms with E-state index in [4.69, 9.17) is 11.6 Å². The van der Waals surface area contributed by atoms with E-state index in [9.17, 15) is 4.39 Å². The first kappa shape index (κ1) is 17.4. The number of rotatable bonds is 4. The van der Waals surface area contributed by atoms with Crippen LogP contribution >= 0.6 is 27.5 Å². The van der Waals surface area contributed by atoms with Gasteiger partial charge in [-0.15, -0.1) is 0 Å². The monoisotopic (exact) mass is 409 g/mol. The first-order valence-electron chi connectivity index (χ1n) is 7.81. The fourth-order valence-corrected chi connectivity index (χ4v) is 3.21. The minimum atomic E-state index is -0.265. The number of nitrogens with zero attached hydrogens (tertiary/aromatic N) is 3. The largest absolute Gasteiger partial charge is 0.295 e. The molecule has 1 aliphatic rings. The van der Waals surface area contributed by atoms with Gasteiger partial charge in [-0.1, -0.05) is 45.7 Å². The molecule has 0 atom stereocenters. The van der Waals surface area contributed by atoms with Crippen LogP contribution in [-0.2, 0) is 6.54 Å². The summed E-state index contributed by atoms with van der Waals surface area (Å²) in [4.78, 5) is 2.35. The highest BCUT2D eigenvalue weighted by molar-refractivity contribution is 9.10. The van der Waals surface area contributed by atoms with Crippen molar-refractivity contribution in [2.45, 2.75) is 6.54 Å². The van der Waals surface area contributed by atoms with Crippen molar-refractivity contribution in [3.63, 3.8) is 0 Å². The zero-order valence-corrected chi connectivity index (χ0v) is 15.5. The number of halogens is 3. The van der Waals surface area contributed by atoms with Crippen molar-refractivity contribution in [1.82, 2.24) is 9.91 Å². The highest BCUT2D eigenvalue weighted by Gasteiger charge is 2.16. The molecule has 1 saturated heterocycles. The lowest BCUT2D eigenvalue weighted by Crippen LogP contribution is -2.43. The van der Waals surface area contributed by atoms with Gasteiger partial charge in [0.1, 0.15) is 5.82 Å². The molecular formula is C18H18BrClFN3. The quantitative estimate of drug-likeness (QED) is 0.696. The van der Waals surface area contributed by atoms with Gasteiger partial charge in [-0.2, -0.15) is 5.10 Å². The van der Waals surface area contributed by atoms with E-state index in [1.165, 1.54) is 6.07 Å². The molecule has 2 aromatic carbocycles. The molecule has 0 spiro atoms. The van der Waals surface area contributed by atoms with E-state index < -0.39 is 0 Å². The molecule has 3 nitrogen and oxygen atoms in total. The summed E-state index contributed by atoms with van der Waals surface area (Å²) in [6, 6.07) is 12.8. The lowest BCUT2D eigenvalue weighted by molar-refractivity contribution is 0.131. The summed E-state index contributed by atoms with van der Waals surface area (Å²) in [5.74, 6) is -0.265. The Labute approximate surface area is 154 Å². The van der Waals surface area contributed by atoms with Crippen molar-refractivity contribution in [2.75, 3.05) is 26.2 Å². The SMILES string of the molecule is Fc1ccc(Br)cc1/C=N/N1CCN(Cc2ccccc2Cl)CC1. The molecule has 2 aromatic rings. The average Bonchev–Trinajstić information content (AvgIpc) is 2.59. The van der Waals surface area contributed by atoms with Crippen molar-refractivity contribution in [1.29, 1.82) is 0 Å². The molecule has 0 bridgehead atoms. The van der Waals surface area contributed by atoms with Crippen LogP contribution < -0.4 is 0 Å². The Kier molecular flexibility index (Phi) is 5.87. The normalized spacial score (nSPS) is 16.0. The Morgan fingerprint density at radius 1 is 1.12 bits per heavy atom. The second-order valence-corrected chi connectivity index (χ2v) is 7.05. The summed E-state index contributed by atoms with van der Waals surface area (Å²) < 4.78 is 14.6. The Bertz CT molecular complexity index is 730. The Balaban J connectivity index is 1.54. The summed E-state index contributed by atoms with van der Waals surface area (Å²) in [7, 11) is 0. The average molecular weight is 411 g/mol. The molecular weight excluding hydrogens is 393 g/mol. The van der Waals surface area contributed by atoms with Crippen LogP contribution in [0.1, 0.15) is 11.1 Å². The van der Waals surface area contributed by atoms with Crippen molar-refractivity contribution in [3.05, 3.63) is 68.9 Å². The van der Waals surface area contributed by atoms with Gasteiger partial charge in [0.25, 0.3) is 0 Å². The molecule has 0 radical (unpaired) electrons. The van der Waals surface area contributed by atoms with Crippen molar-refractivity contribution < 1.29 is 4.39 Å². The van der Waals surface area contributed by atoms with Crippen molar-refractivity contribution in [3.8, 4) is 0 Å². The highest BCUT2D eigenvalue weighted by Crippen LogP contribution is 2.18. The molecule has 1 heterocycles. The topological polar surface area (TPSA) is 18.8 Å². The maximum atomic E-state index is 13.7. The van der Waals surface area contributed by atoms with Gasteiger partial charge >= 0.3 is 0 Å². The predicted octanol–water partition coefficient (Wildman–Crippen LogP) is 4.39. The summed E-state index contributed by atoms with van der Waals surface area (Å²) in [5, 5.41) is 7.19. The molecule has 0 unspecified atom stereocenters. The maximum Gasteiger partial charge on any atom is 0.132 e.